The van der Waals surface area contributed by atoms with Crippen molar-refractivity contribution in [2.75, 3.05) is 34.5 Å². The summed E-state index contributed by atoms with van der Waals surface area (Å²) in [4.78, 5) is 11.6. The fourth-order valence-electron chi connectivity index (χ4n) is 1.20. The quantitative estimate of drug-likeness (QED) is 0.284. The fourth-order valence-corrected chi connectivity index (χ4v) is 2.70. The number of epoxide rings is 1. The van der Waals surface area contributed by atoms with Gasteiger partial charge in [-0.25, -0.2) is 4.79 Å². The third-order valence-corrected chi connectivity index (χ3v) is 4.87. The lowest BCUT2D eigenvalue weighted by molar-refractivity contribution is -0.139. The van der Waals surface area contributed by atoms with Gasteiger partial charge < -0.3 is 22.8 Å². The molecule has 0 saturated carbocycles. The SMILES string of the molecule is CO[Si](C=C(C)C(=O)OCC1CO1)(OC)OC. The van der Waals surface area contributed by atoms with E-state index >= 15 is 0 Å². The predicted octanol–water partition coefficient (Wildman–Crippen LogP) is 0.292. The van der Waals surface area contributed by atoms with Crippen molar-refractivity contribution in [2.45, 2.75) is 13.0 Å². The Kier molecular flexibility index (Phi) is 5.28. The Morgan fingerprint density at radius 3 is 2.29 bits per heavy atom. The summed E-state index contributed by atoms with van der Waals surface area (Å²) < 4.78 is 25.5. The second-order valence-corrected chi connectivity index (χ2v) is 6.32. The van der Waals surface area contributed by atoms with Crippen LogP contribution in [-0.4, -0.2) is 55.4 Å². The average molecular weight is 262 g/mol. The molecule has 1 saturated heterocycles. The van der Waals surface area contributed by atoms with Crippen molar-refractivity contribution >= 4 is 14.8 Å². The standard InChI is InChI=1S/C10H18O6Si/c1-8(7-17(12-2,13-3)14-4)10(11)16-6-9-5-15-9/h7,9H,5-6H2,1-4H3. The number of carbonyl (C=O) groups is 1. The van der Waals surface area contributed by atoms with Crippen molar-refractivity contribution in [2.24, 2.45) is 0 Å². The third kappa shape index (κ3) is 4.21. The zero-order valence-electron chi connectivity index (χ0n) is 10.5. The lowest BCUT2D eigenvalue weighted by atomic mass is 10.3. The molecule has 0 N–H and O–H groups in total. The first-order valence-electron chi connectivity index (χ1n) is 5.20. The van der Waals surface area contributed by atoms with Crippen LogP contribution in [0.25, 0.3) is 0 Å². The smallest absolute Gasteiger partial charge is 0.459 e. The number of rotatable bonds is 7. The number of esters is 1. The first-order valence-corrected chi connectivity index (χ1v) is 7.00. The van der Waals surface area contributed by atoms with Crippen LogP contribution in [-0.2, 0) is 27.5 Å². The molecule has 0 bridgehead atoms. The highest BCUT2D eigenvalue weighted by Crippen LogP contribution is 2.13. The van der Waals surface area contributed by atoms with Gasteiger partial charge >= 0.3 is 14.8 Å². The molecule has 0 spiro atoms. The second-order valence-electron chi connectivity index (χ2n) is 3.60. The van der Waals surface area contributed by atoms with Crippen LogP contribution in [0, 0.1) is 0 Å². The number of ether oxygens (including phenoxy) is 2. The predicted molar refractivity (Wildman–Crippen MR) is 61.2 cm³/mol. The van der Waals surface area contributed by atoms with E-state index in [2.05, 4.69) is 0 Å². The van der Waals surface area contributed by atoms with Gasteiger partial charge in [-0.2, -0.15) is 0 Å². The third-order valence-electron chi connectivity index (χ3n) is 2.37. The molecule has 0 aromatic carbocycles. The molecule has 0 amide bonds. The number of hydrogen-bond acceptors (Lipinski definition) is 6. The van der Waals surface area contributed by atoms with Crippen molar-refractivity contribution in [3.8, 4) is 0 Å². The van der Waals surface area contributed by atoms with Gasteiger partial charge in [0.25, 0.3) is 0 Å². The Morgan fingerprint density at radius 2 is 1.88 bits per heavy atom. The Morgan fingerprint density at radius 1 is 1.35 bits per heavy atom. The summed E-state index contributed by atoms with van der Waals surface area (Å²) in [6.45, 7) is 2.57. The molecular formula is C10H18O6Si. The van der Waals surface area contributed by atoms with Gasteiger partial charge in [-0.1, -0.05) is 0 Å². The van der Waals surface area contributed by atoms with Gasteiger partial charge in [0.1, 0.15) is 12.7 Å². The summed E-state index contributed by atoms with van der Waals surface area (Å²) in [6.07, 6.45) is 0.0565. The summed E-state index contributed by atoms with van der Waals surface area (Å²) in [5.74, 6) is -0.413. The molecule has 17 heavy (non-hydrogen) atoms. The van der Waals surface area contributed by atoms with E-state index in [1.807, 2.05) is 0 Å². The van der Waals surface area contributed by atoms with Gasteiger partial charge in [-0.3, -0.25) is 0 Å². The van der Waals surface area contributed by atoms with E-state index in [0.717, 1.165) is 0 Å². The maximum absolute atomic E-state index is 11.6. The minimum atomic E-state index is -2.88. The molecule has 6 nitrogen and oxygen atoms in total. The van der Waals surface area contributed by atoms with Crippen LogP contribution in [0.5, 0.6) is 0 Å². The molecule has 0 radical (unpaired) electrons. The second kappa shape index (κ2) is 6.27. The monoisotopic (exact) mass is 262 g/mol. The van der Waals surface area contributed by atoms with Crippen molar-refractivity contribution in [3.05, 3.63) is 11.3 Å². The van der Waals surface area contributed by atoms with E-state index < -0.39 is 14.8 Å². The molecule has 0 aliphatic carbocycles. The Balaban J connectivity index is 2.57. The highest BCUT2D eigenvalue weighted by Gasteiger charge is 2.36. The number of hydrogen-bond donors (Lipinski definition) is 0. The summed E-state index contributed by atoms with van der Waals surface area (Å²) in [5, 5.41) is 0. The summed E-state index contributed by atoms with van der Waals surface area (Å²) in [5.41, 5.74) is 1.96. The largest absolute Gasteiger partial charge is 0.529 e. The first-order chi connectivity index (χ1) is 8.06. The van der Waals surface area contributed by atoms with E-state index in [-0.39, 0.29) is 12.7 Å². The van der Waals surface area contributed by atoms with Crippen molar-refractivity contribution in [1.29, 1.82) is 0 Å². The van der Waals surface area contributed by atoms with Crippen LogP contribution >= 0.6 is 0 Å². The maximum Gasteiger partial charge on any atom is 0.529 e. The molecule has 1 rings (SSSR count). The zero-order valence-corrected chi connectivity index (χ0v) is 11.5. The van der Waals surface area contributed by atoms with E-state index in [4.69, 9.17) is 22.8 Å². The molecule has 98 valence electrons. The van der Waals surface area contributed by atoms with Gasteiger partial charge in [0.2, 0.25) is 0 Å². The molecule has 0 aromatic rings. The van der Waals surface area contributed by atoms with Gasteiger partial charge in [0.15, 0.2) is 0 Å². The normalized spacial score (nSPS) is 20.2. The zero-order chi connectivity index (χ0) is 12.9. The molecular weight excluding hydrogens is 244 g/mol. The van der Waals surface area contributed by atoms with Gasteiger partial charge in [0, 0.05) is 26.9 Å². The molecule has 1 atom stereocenters. The maximum atomic E-state index is 11.6. The lowest BCUT2D eigenvalue weighted by Crippen LogP contribution is -2.41. The minimum Gasteiger partial charge on any atom is -0.459 e. The van der Waals surface area contributed by atoms with Crippen LogP contribution in [0.2, 0.25) is 0 Å². The summed E-state index contributed by atoms with van der Waals surface area (Å²) in [6, 6.07) is 0. The van der Waals surface area contributed by atoms with E-state index in [1.54, 1.807) is 12.6 Å². The van der Waals surface area contributed by atoms with Crippen LogP contribution in [0.1, 0.15) is 6.92 Å². The number of carbonyl (C=O) groups excluding carboxylic acids is 1. The van der Waals surface area contributed by atoms with Crippen molar-refractivity contribution < 1.29 is 27.5 Å². The molecule has 1 aliphatic rings. The molecule has 1 aliphatic heterocycles. The highest BCUT2D eigenvalue weighted by atomic mass is 28.4. The van der Waals surface area contributed by atoms with Gasteiger partial charge in [0.05, 0.1) is 6.61 Å². The highest BCUT2D eigenvalue weighted by molar-refractivity contribution is 6.66. The Bertz CT molecular complexity index is 287. The fraction of sp³-hybridized carbons (Fsp3) is 0.700. The Hall–Kier alpha value is -0.733. The van der Waals surface area contributed by atoms with E-state index in [9.17, 15) is 4.79 Å². The van der Waals surface area contributed by atoms with Crippen LogP contribution in [0.4, 0.5) is 0 Å². The summed E-state index contributed by atoms with van der Waals surface area (Å²) >= 11 is 0. The lowest BCUT2D eigenvalue weighted by Gasteiger charge is -2.21. The van der Waals surface area contributed by atoms with Crippen LogP contribution < -0.4 is 0 Å². The van der Waals surface area contributed by atoms with Gasteiger partial charge in [-0.05, 0) is 12.6 Å². The van der Waals surface area contributed by atoms with Crippen molar-refractivity contribution in [3.63, 3.8) is 0 Å². The minimum absolute atomic E-state index is 0.0565. The molecule has 1 heterocycles. The van der Waals surface area contributed by atoms with Gasteiger partial charge in [-0.15, -0.1) is 0 Å². The Labute approximate surface area is 102 Å². The molecule has 1 fully saturated rings. The van der Waals surface area contributed by atoms with E-state index in [0.29, 0.717) is 12.2 Å². The van der Waals surface area contributed by atoms with E-state index in [1.165, 1.54) is 21.3 Å². The average Bonchev–Trinajstić information content (AvgIpc) is 3.17. The molecule has 7 heteroatoms. The molecule has 0 aromatic heterocycles. The van der Waals surface area contributed by atoms with Crippen LogP contribution in [0.15, 0.2) is 11.3 Å². The first kappa shape index (κ1) is 14.3. The van der Waals surface area contributed by atoms with Crippen molar-refractivity contribution in [1.82, 2.24) is 0 Å². The molecule has 1 unspecified atom stereocenters. The topological polar surface area (TPSA) is 66.5 Å². The summed E-state index contributed by atoms with van der Waals surface area (Å²) in [7, 11) is 1.56. The van der Waals surface area contributed by atoms with Crippen LogP contribution in [0.3, 0.4) is 0 Å².